The number of pyridine rings is 1. The molecule has 0 bridgehead atoms. The number of nitrogens with zero attached hydrogens (tertiary/aromatic N) is 1. The zero-order chi connectivity index (χ0) is 20.3. The summed E-state index contributed by atoms with van der Waals surface area (Å²) in [5.74, 6) is 0.684. The molecule has 0 N–H and O–H groups in total. The second-order valence-corrected chi connectivity index (χ2v) is 8.73. The summed E-state index contributed by atoms with van der Waals surface area (Å²) in [4.78, 5) is 4.73. The molecule has 2 heterocycles. The summed E-state index contributed by atoms with van der Waals surface area (Å²) in [5.41, 5.74) is 4.04. The van der Waals surface area contributed by atoms with Crippen LogP contribution in [0.4, 0.5) is 4.39 Å². The highest BCUT2D eigenvalue weighted by molar-refractivity contribution is 6.11. The molecule has 0 radical (unpaired) electrons. The highest BCUT2D eigenvalue weighted by Crippen LogP contribution is 2.38. The van der Waals surface area contributed by atoms with E-state index in [2.05, 4.69) is 39.0 Å². The first-order valence-corrected chi connectivity index (χ1v) is 9.83. The van der Waals surface area contributed by atoms with E-state index in [1.807, 2.05) is 37.4 Å². The summed E-state index contributed by atoms with van der Waals surface area (Å²) < 4.78 is 19.7. The van der Waals surface area contributed by atoms with Crippen LogP contribution in [0.3, 0.4) is 0 Å². The second-order valence-electron chi connectivity index (χ2n) is 8.73. The van der Waals surface area contributed by atoms with E-state index in [0.29, 0.717) is 0 Å². The van der Waals surface area contributed by atoms with Crippen molar-refractivity contribution in [3.8, 4) is 11.3 Å². The number of aromatic nitrogens is 1. The van der Waals surface area contributed by atoms with Crippen LogP contribution >= 0.6 is 0 Å². The Kier molecular flexibility index (Phi) is 3.79. The van der Waals surface area contributed by atoms with Crippen molar-refractivity contribution in [3.05, 3.63) is 77.9 Å². The molecule has 144 valence electrons. The molecule has 0 aliphatic rings. The van der Waals surface area contributed by atoms with Gasteiger partial charge in [-0.2, -0.15) is 0 Å². The van der Waals surface area contributed by atoms with Crippen molar-refractivity contribution in [3.63, 3.8) is 0 Å². The van der Waals surface area contributed by atoms with E-state index >= 15 is 0 Å². The number of benzene rings is 3. The van der Waals surface area contributed by atoms with Gasteiger partial charge in [-0.1, -0.05) is 39.0 Å². The standard InChI is InChI=1S/C26H22FNO/c1-15-11-18-12-17(14-23(25(18)29-15)26(2,3)4)24-22-7-5-16-13-19(27)6-8-20(16)21(22)9-10-28-24/h5-14H,1-4H3. The average Bonchev–Trinajstić information content (AvgIpc) is 3.05. The highest BCUT2D eigenvalue weighted by Gasteiger charge is 2.22. The Morgan fingerprint density at radius 1 is 0.828 bits per heavy atom. The minimum absolute atomic E-state index is 0.0621. The molecule has 3 aromatic carbocycles. The molecule has 5 aromatic rings. The van der Waals surface area contributed by atoms with Crippen molar-refractivity contribution in [2.45, 2.75) is 33.1 Å². The van der Waals surface area contributed by atoms with Crippen LogP contribution in [0.15, 0.2) is 65.2 Å². The SMILES string of the molecule is Cc1cc2cc(-c3nccc4c3ccc3cc(F)ccc34)cc(C(C)(C)C)c2o1. The molecule has 0 unspecified atom stereocenters. The molecule has 0 aliphatic carbocycles. The van der Waals surface area contributed by atoms with Gasteiger partial charge in [0.2, 0.25) is 0 Å². The lowest BCUT2D eigenvalue weighted by atomic mass is 9.84. The Bertz CT molecular complexity index is 1410. The van der Waals surface area contributed by atoms with Crippen molar-refractivity contribution < 1.29 is 8.81 Å². The topological polar surface area (TPSA) is 26.0 Å². The molecule has 2 nitrogen and oxygen atoms in total. The Morgan fingerprint density at radius 3 is 2.41 bits per heavy atom. The van der Waals surface area contributed by atoms with Gasteiger partial charge in [0.15, 0.2) is 0 Å². The van der Waals surface area contributed by atoms with Gasteiger partial charge in [0.1, 0.15) is 17.2 Å². The fourth-order valence-corrected chi connectivity index (χ4v) is 4.17. The number of hydrogen-bond donors (Lipinski definition) is 0. The van der Waals surface area contributed by atoms with E-state index < -0.39 is 0 Å². The Hall–Kier alpha value is -3.20. The van der Waals surface area contributed by atoms with Gasteiger partial charge in [-0.15, -0.1) is 0 Å². The molecular weight excluding hydrogens is 361 g/mol. The first-order valence-electron chi connectivity index (χ1n) is 9.83. The first kappa shape index (κ1) is 17.9. The fraction of sp³-hybridized carbons (Fsp3) is 0.192. The summed E-state index contributed by atoms with van der Waals surface area (Å²) in [6.07, 6.45) is 1.84. The van der Waals surface area contributed by atoms with Crippen LogP contribution in [0.5, 0.6) is 0 Å². The number of aryl methyl sites for hydroxylation is 1. The monoisotopic (exact) mass is 383 g/mol. The largest absolute Gasteiger partial charge is 0.461 e. The molecule has 2 aromatic heterocycles. The van der Waals surface area contributed by atoms with E-state index in [1.54, 1.807) is 6.07 Å². The van der Waals surface area contributed by atoms with Gasteiger partial charge in [0.25, 0.3) is 0 Å². The van der Waals surface area contributed by atoms with Gasteiger partial charge in [-0.05, 0) is 64.9 Å². The van der Waals surface area contributed by atoms with E-state index in [-0.39, 0.29) is 11.2 Å². The predicted molar refractivity (Wildman–Crippen MR) is 118 cm³/mol. The maximum Gasteiger partial charge on any atom is 0.138 e. The lowest BCUT2D eigenvalue weighted by molar-refractivity contribution is 0.542. The van der Waals surface area contributed by atoms with E-state index in [1.165, 1.54) is 11.6 Å². The van der Waals surface area contributed by atoms with E-state index in [4.69, 9.17) is 9.40 Å². The first-order chi connectivity index (χ1) is 13.8. The number of rotatable bonds is 1. The quantitative estimate of drug-likeness (QED) is 0.279. The number of fused-ring (bicyclic) bond motifs is 4. The van der Waals surface area contributed by atoms with Crippen molar-refractivity contribution in [2.24, 2.45) is 0 Å². The van der Waals surface area contributed by atoms with Crippen LogP contribution < -0.4 is 0 Å². The Morgan fingerprint density at radius 2 is 1.62 bits per heavy atom. The van der Waals surface area contributed by atoms with Crippen molar-refractivity contribution >= 4 is 32.5 Å². The lowest BCUT2D eigenvalue weighted by Crippen LogP contribution is -2.11. The minimum atomic E-state index is -0.221. The lowest BCUT2D eigenvalue weighted by Gasteiger charge is -2.20. The molecule has 3 heteroatoms. The average molecular weight is 383 g/mol. The third-order valence-corrected chi connectivity index (χ3v) is 5.54. The van der Waals surface area contributed by atoms with Crippen LogP contribution in [0.25, 0.3) is 43.8 Å². The summed E-state index contributed by atoms with van der Waals surface area (Å²) in [6.45, 7) is 8.57. The van der Waals surface area contributed by atoms with Crippen LogP contribution in [-0.4, -0.2) is 4.98 Å². The van der Waals surface area contributed by atoms with Crippen molar-refractivity contribution in [2.75, 3.05) is 0 Å². The number of furan rings is 1. The molecule has 0 amide bonds. The molecule has 0 spiro atoms. The van der Waals surface area contributed by atoms with Crippen LogP contribution in [0, 0.1) is 12.7 Å². The summed E-state index contributed by atoms with van der Waals surface area (Å²) in [5, 5.41) is 5.15. The summed E-state index contributed by atoms with van der Waals surface area (Å²) in [7, 11) is 0. The zero-order valence-corrected chi connectivity index (χ0v) is 17.0. The van der Waals surface area contributed by atoms with Gasteiger partial charge < -0.3 is 4.42 Å². The van der Waals surface area contributed by atoms with Crippen molar-refractivity contribution in [1.82, 2.24) is 4.98 Å². The maximum absolute atomic E-state index is 13.7. The van der Waals surface area contributed by atoms with Crippen molar-refractivity contribution in [1.29, 1.82) is 0 Å². The third kappa shape index (κ3) is 2.89. The number of halogens is 1. The molecule has 0 saturated heterocycles. The molecule has 5 rings (SSSR count). The van der Waals surface area contributed by atoms with Gasteiger partial charge in [0.05, 0.1) is 5.69 Å². The maximum atomic E-state index is 13.7. The Balaban J connectivity index is 1.84. The number of hydrogen-bond acceptors (Lipinski definition) is 2. The van der Waals surface area contributed by atoms with Crippen LogP contribution in [0.1, 0.15) is 32.1 Å². The second kappa shape index (κ2) is 6.15. The smallest absolute Gasteiger partial charge is 0.138 e. The van der Waals surface area contributed by atoms with E-state index in [9.17, 15) is 4.39 Å². The normalized spacial score (nSPS) is 12.3. The van der Waals surface area contributed by atoms with Crippen LogP contribution in [-0.2, 0) is 5.41 Å². The zero-order valence-electron chi connectivity index (χ0n) is 17.0. The van der Waals surface area contributed by atoms with Gasteiger partial charge in [-0.3, -0.25) is 4.98 Å². The van der Waals surface area contributed by atoms with Gasteiger partial charge in [0, 0.05) is 28.1 Å². The molecule has 0 atom stereocenters. The summed E-state index contributed by atoms with van der Waals surface area (Å²) >= 11 is 0. The third-order valence-electron chi connectivity index (χ3n) is 5.54. The van der Waals surface area contributed by atoms with E-state index in [0.717, 1.165) is 49.5 Å². The fourth-order valence-electron chi connectivity index (χ4n) is 4.17. The molecule has 0 aliphatic heterocycles. The molecular formula is C26H22FNO. The Labute approximate surface area is 169 Å². The predicted octanol–water partition coefficient (Wildman–Crippen LogP) is 7.55. The van der Waals surface area contributed by atoms with Crippen LogP contribution in [0.2, 0.25) is 0 Å². The van der Waals surface area contributed by atoms with Gasteiger partial charge >= 0.3 is 0 Å². The molecule has 29 heavy (non-hydrogen) atoms. The molecule has 0 fully saturated rings. The summed E-state index contributed by atoms with van der Waals surface area (Å²) in [6, 6.07) is 17.4. The minimum Gasteiger partial charge on any atom is -0.461 e. The van der Waals surface area contributed by atoms with Gasteiger partial charge in [-0.25, -0.2) is 4.39 Å². The highest BCUT2D eigenvalue weighted by atomic mass is 19.1. The molecule has 0 saturated carbocycles.